The third-order valence-corrected chi connectivity index (χ3v) is 1.22. The minimum absolute atomic E-state index is 0.0889. The average Bonchev–Trinajstić information content (AvgIpc) is 1.87. The normalized spacial score (nSPS) is 12.2. The van der Waals surface area contributed by atoms with Gasteiger partial charge in [-0.2, -0.15) is 0 Å². The Morgan fingerprint density at radius 2 is 2.30 bits per heavy atom. The molecule has 3 heteroatoms. The summed E-state index contributed by atoms with van der Waals surface area (Å²) in [5.74, 6) is -0.0889. The van der Waals surface area contributed by atoms with Crippen molar-refractivity contribution in [2.45, 2.75) is 32.8 Å². The van der Waals surface area contributed by atoms with E-state index in [1.54, 1.807) is 0 Å². The van der Waals surface area contributed by atoms with Crippen molar-refractivity contribution in [2.75, 3.05) is 0 Å². The van der Waals surface area contributed by atoms with Crippen molar-refractivity contribution >= 4 is 12.3 Å². The molecule has 0 radical (unpaired) electrons. The molecule has 0 heterocycles. The van der Waals surface area contributed by atoms with E-state index in [2.05, 4.69) is 4.74 Å². The lowest BCUT2D eigenvalue weighted by molar-refractivity contribution is -0.143. The minimum atomic E-state index is -0.525. The Bertz CT molecular complexity index is 120. The number of rotatable bonds is 5. The zero-order chi connectivity index (χ0) is 7.98. The van der Waals surface area contributed by atoms with Crippen LogP contribution in [0, 0.1) is 0 Å². The molecular formula is C7H12O3. The van der Waals surface area contributed by atoms with Gasteiger partial charge in [0.05, 0.1) is 0 Å². The first-order valence-corrected chi connectivity index (χ1v) is 3.32. The topological polar surface area (TPSA) is 43.4 Å². The highest BCUT2D eigenvalue weighted by Gasteiger charge is 2.12. The molecule has 1 unspecified atom stereocenters. The number of carbonyl (C=O) groups excluding carboxylic acids is 2. The van der Waals surface area contributed by atoms with E-state index in [9.17, 15) is 9.59 Å². The first kappa shape index (κ1) is 9.14. The molecule has 0 aliphatic heterocycles. The molecule has 0 aromatic carbocycles. The maximum atomic E-state index is 10.6. The molecule has 0 aromatic heterocycles. The molecule has 0 amide bonds. The summed E-state index contributed by atoms with van der Waals surface area (Å²) in [6.07, 6.45) is 0.939. The van der Waals surface area contributed by atoms with E-state index in [1.807, 2.05) is 6.92 Å². The minimum Gasteiger partial charge on any atom is -0.457 e. The molecule has 0 aromatic rings. The molecule has 10 heavy (non-hydrogen) atoms. The molecule has 0 aliphatic rings. The number of ketones is 1. The maximum Gasteiger partial charge on any atom is 0.293 e. The summed E-state index contributed by atoms with van der Waals surface area (Å²) in [6.45, 7) is 3.68. The highest BCUT2D eigenvalue weighted by molar-refractivity contribution is 5.81. The molecule has 0 fully saturated rings. The van der Waals surface area contributed by atoms with Gasteiger partial charge >= 0.3 is 0 Å². The van der Waals surface area contributed by atoms with Crippen molar-refractivity contribution in [1.29, 1.82) is 0 Å². The van der Waals surface area contributed by atoms with Gasteiger partial charge in [0.25, 0.3) is 6.47 Å². The van der Waals surface area contributed by atoms with Crippen LogP contribution in [0.5, 0.6) is 0 Å². The molecule has 0 bridgehead atoms. The van der Waals surface area contributed by atoms with Crippen LogP contribution in [0.2, 0.25) is 0 Å². The lowest BCUT2D eigenvalue weighted by atomic mass is 10.1. The predicted molar refractivity (Wildman–Crippen MR) is 36.5 cm³/mol. The van der Waals surface area contributed by atoms with Crippen LogP contribution in [0.4, 0.5) is 0 Å². The van der Waals surface area contributed by atoms with Crippen LogP contribution < -0.4 is 0 Å². The van der Waals surface area contributed by atoms with Crippen molar-refractivity contribution in [3.63, 3.8) is 0 Å². The van der Waals surface area contributed by atoms with Crippen molar-refractivity contribution in [3.05, 3.63) is 0 Å². The Labute approximate surface area is 60.4 Å². The second-order valence-electron chi connectivity index (χ2n) is 2.12. The first-order chi connectivity index (χ1) is 4.72. The standard InChI is InChI=1S/C7H12O3/c1-3-4-7(6(2)9)10-5-8/h5,7H,3-4H2,1-2H3. The number of carbonyl (C=O) groups is 2. The SMILES string of the molecule is CCCC(OC=O)C(C)=O. The van der Waals surface area contributed by atoms with Crippen LogP contribution in [0.3, 0.4) is 0 Å². The largest absolute Gasteiger partial charge is 0.457 e. The molecular weight excluding hydrogens is 132 g/mol. The summed E-state index contributed by atoms with van der Waals surface area (Å²) < 4.78 is 4.51. The van der Waals surface area contributed by atoms with Crippen molar-refractivity contribution < 1.29 is 14.3 Å². The molecule has 0 saturated heterocycles. The maximum absolute atomic E-state index is 10.6. The van der Waals surface area contributed by atoms with Crippen LogP contribution in [0.25, 0.3) is 0 Å². The van der Waals surface area contributed by atoms with E-state index in [0.717, 1.165) is 6.42 Å². The van der Waals surface area contributed by atoms with Gasteiger partial charge in [0.1, 0.15) is 0 Å². The Morgan fingerprint density at radius 3 is 2.60 bits per heavy atom. The highest BCUT2D eigenvalue weighted by Crippen LogP contribution is 2.01. The van der Waals surface area contributed by atoms with Crippen molar-refractivity contribution in [3.8, 4) is 0 Å². The van der Waals surface area contributed by atoms with E-state index in [0.29, 0.717) is 12.9 Å². The summed E-state index contributed by atoms with van der Waals surface area (Å²) in [5, 5.41) is 0. The fourth-order valence-electron chi connectivity index (χ4n) is 0.696. The van der Waals surface area contributed by atoms with E-state index in [1.165, 1.54) is 6.92 Å². The van der Waals surface area contributed by atoms with E-state index < -0.39 is 6.10 Å². The second-order valence-corrected chi connectivity index (χ2v) is 2.12. The van der Waals surface area contributed by atoms with Crippen LogP contribution in [-0.4, -0.2) is 18.4 Å². The number of Topliss-reactive ketones (excluding diaryl/α,β-unsaturated/α-hetero) is 1. The highest BCUT2D eigenvalue weighted by atomic mass is 16.5. The van der Waals surface area contributed by atoms with Gasteiger partial charge in [0.15, 0.2) is 11.9 Å². The zero-order valence-electron chi connectivity index (χ0n) is 6.29. The van der Waals surface area contributed by atoms with Crippen LogP contribution in [-0.2, 0) is 14.3 Å². The summed E-state index contributed by atoms with van der Waals surface area (Å²) in [4.78, 5) is 20.5. The van der Waals surface area contributed by atoms with Gasteiger partial charge in [0.2, 0.25) is 0 Å². The Morgan fingerprint density at radius 1 is 1.70 bits per heavy atom. The number of hydrogen-bond donors (Lipinski definition) is 0. The van der Waals surface area contributed by atoms with Gasteiger partial charge in [-0.3, -0.25) is 9.59 Å². The van der Waals surface area contributed by atoms with Crippen molar-refractivity contribution in [2.24, 2.45) is 0 Å². The third-order valence-electron chi connectivity index (χ3n) is 1.22. The third kappa shape index (κ3) is 3.22. The van der Waals surface area contributed by atoms with Crippen LogP contribution in [0.15, 0.2) is 0 Å². The predicted octanol–water partition coefficient (Wildman–Crippen LogP) is 0.917. The van der Waals surface area contributed by atoms with Gasteiger partial charge in [-0.1, -0.05) is 13.3 Å². The summed E-state index contributed by atoms with van der Waals surface area (Å²) in [7, 11) is 0. The van der Waals surface area contributed by atoms with Gasteiger partial charge in [-0.15, -0.1) is 0 Å². The lowest BCUT2D eigenvalue weighted by Gasteiger charge is -2.08. The fourth-order valence-corrected chi connectivity index (χ4v) is 0.696. The smallest absolute Gasteiger partial charge is 0.293 e. The number of ether oxygens (including phenoxy) is 1. The quantitative estimate of drug-likeness (QED) is 0.539. The van der Waals surface area contributed by atoms with E-state index in [4.69, 9.17) is 0 Å². The van der Waals surface area contributed by atoms with Crippen molar-refractivity contribution in [1.82, 2.24) is 0 Å². The van der Waals surface area contributed by atoms with Crippen LogP contribution in [0.1, 0.15) is 26.7 Å². The first-order valence-electron chi connectivity index (χ1n) is 3.32. The molecule has 0 rings (SSSR count). The van der Waals surface area contributed by atoms with Gasteiger partial charge in [-0.25, -0.2) is 0 Å². The Hall–Kier alpha value is -0.860. The van der Waals surface area contributed by atoms with Crippen LogP contribution >= 0.6 is 0 Å². The number of hydrogen-bond acceptors (Lipinski definition) is 3. The Balaban J connectivity index is 3.71. The van der Waals surface area contributed by atoms with Gasteiger partial charge in [-0.05, 0) is 13.3 Å². The summed E-state index contributed by atoms with van der Waals surface area (Å²) in [6, 6.07) is 0. The van der Waals surface area contributed by atoms with Gasteiger partial charge in [0, 0.05) is 0 Å². The fraction of sp³-hybridized carbons (Fsp3) is 0.714. The summed E-state index contributed by atoms with van der Waals surface area (Å²) in [5.41, 5.74) is 0. The summed E-state index contributed by atoms with van der Waals surface area (Å²) >= 11 is 0. The zero-order valence-corrected chi connectivity index (χ0v) is 6.29. The van der Waals surface area contributed by atoms with E-state index >= 15 is 0 Å². The molecule has 0 saturated carbocycles. The lowest BCUT2D eigenvalue weighted by Crippen LogP contribution is -2.20. The monoisotopic (exact) mass is 144 g/mol. The van der Waals surface area contributed by atoms with E-state index in [-0.39, 0.29) is 5.78 Å². The molecule has 0 aliphatic carbocycles. The molecule has 0 N–H and O–H groups in total. The van der Waals surface area contributed by atoms with Gasteiger partial charge < -0.3 is 4.74 Å². The average molecular weight is 144 g/mol. The molecule has 1 atom stereocenters. The molecule has 3 nitrogen and oxygen atoms in total. The molecule has 0 spiro atoms. The Kier molecular flexibility index (Phi) is 4.54. The second kappa shape index (κ2) is 4.97. The molecule has 58 valence electrons.